The topological polar surface area (TPSA) is 65.1 Å². The Morgan fingerprint density at radius 3 is 2.33 bits per heavy atom. The zero-order chi connectivity index (χ0) is 17.3. The van der Waals surface area contributed by atoms with Gasteiger partial charge in [0.05, 0.1) is 4.92 Å². The molecule has 0 fully saturated rings. The molecule has 0 saturated carbocycles. The van der Waals surface area contributed by atoms with E-state index in [4.69, 9.17) is 0 Å². The number of nitro benzene ring substituents is 1. The maximum Gasteiger partial charge on any atom is 0.270 e. The molecule has 24 heavy (non-hydrogen) atoms. The number of aryl methyl sites for hydroxylation is 1. The van der Waals surface area contributed by atoms with Gasteiger partial charge < -0.3 is 4.57 Å². The molecule has 0 aliphatic carbocycles. The molecule has 3 rings (SSSR count). The quantitative estimate of drug-likeness (QED) is 0.360. The number of hydrogen-bond acceptors (Lipinski definition) is 3. The van der Waals surface area contributed by atoms with Crippen molar-refractivity contribution >= 4 is 33.3 Å². The SMILES string of the molecule is CCCC(=O)c1ccc2c(c1)c1cc([N+](=O)[O-])ccc1n2CCC. The van der Waals surface area contributed by atoms with Crippen LogP contribution in [0.25, 0.3) is 21.8 Å². The lowest BCUT2D eigenvalue weighted by Gasteiger charge is -2.05. The van der Waals surface area contributed by atoms with Crippen LogP contribution in [0.1, 0.15) is 43.5 Å². The Morgan fingerprint density at radius 1 is 1.04 bits per heavy atom. The lowest BCUT2D eigenvalue weighted by atomic mass is 10.0. The van der Waals surface area contributed by atoms with E-state index in [1.54, 1.807) is 12.1 Å². The summed E-state index contributed by atoms with van der Waals surface area (Å²) in [5.74, 6) is 0.112. The van der Waals surface area contributed by atoms with Gasteiger partial charge in [-0.25, -0.2) is 0 Å². The highest BCUT2D eigenvalue weighted by Gasteiger charge is 2.16. The molecular formula is C19H20N2O3. The molecule has 0 spiro atoms. The summed E-state index contributed by atoms with van der Waals surface area (Å²) in [5, 5.41) is 12.9. The van der Waals surface area contributed by atoms with E-state index >= 15 is 0 Å². The third kappa shape index (κ3) is 2.66. The number of non-ortho nitro benzene ring substituents is 1. The molecule has 5 heteroatoms. The fraction of sp³-hybridized carbons (Fsp3) is 0.316. The van der Waals surface area contributed by atoms with E-state index in [0.29, 0.717) is 12.0 Å². The Kier molecular flexibility index (Phi) is 4.34. The van der Waals surface area contributed by atoms with Gasteiger partial charge in [-0.15, -0.1) is 0 Å². The van der Waals surface area contributed by atoms with E-state index in [-0.39, 0.29) is 16.4 Å². The van der Waals surface area contributed by atoms with Crippen LogP contribution in [0.15, 0.2) is 36.4 Å². The molecule has 0 unspecified atom stereocenters. The zero-order valence-corrected chi connectivity index (χ0v) is 13.9. The van der Waals surface area contributed by atoms with Crippen molar-refractivity contribution < 1.29 is 9.72 Å². The summed E-state index contributed by atoms with van der Waals surface area (Å²) < 4.78 is 2.17. The Labute approximate surface area is 140 Å². The van der Waals surface area contributed by atoms with Gasteiger partial charge in [0, 0.05) is 52.5 Å². The predicted molar refractivity (Wildman–Crippen MR) is 95.6 cm³/mol. The minimum Gasteiger partial charge on any atom is -0.340 e. The molecule has 0 radical (unpaired) electrons. The summed E-state index contributed by atoms with van der Waals surface area (Å²) in [6.07, 6.45) is 2.28. The number of hydrogen-bond donors (Lipinski definition) is 0. The van der Waals surface area contributed by atoms with Gasteiger partial charge in [-0.1, -0.05) is 13.8 Å². The summed E-state index contributed by atoms with van der Waals surface area (Å²) >= 11 is 0. The molecule has 5 nitrogen and oxygen atoms in total. The molecule has 1 aromatic heterocycles. The van der Waals surface area contributed by atoms with Crippen LogP contribution in [0.4, 0.5) is 5.69 Å². The van der Waals surface area contributed by atoms with Crippen molar-refractivity contribution in [2.75, 3.05) is 0 Å². The monoisotopic (exact) mass is 324 g/mol. The lowest BCUT2D eigenvalue weighted by Crippen LogP contribution is -1.99. The third-order valence-corrected chi connectivity index (χ3v) is 4.31. The average Bonchev–Trinajstić information content (AvgIpc) is 2.88. The maximum absolute atomic E-state index is 12.2. The summed E-state index contributed by atoms with van der Waals surface area (Å²) in [6.45, 7) is 4.91. The fourth-order valence-corrected chi connectivity index (χ4v) is 3.21. The summed E-state index contributed by atoms with van der Waals surface area (Å²) in [7, 11) is 0. The van der Waals surface area contributed by atoms with Crippen molar-refractivity contribution in [2.24, 2.45) is 0 Å². The number of rotatable bonds is 6. The van der Waals surface area contributed by atoms with Gasteiger partial charge in [0.25, 0.3) is 5.69 Å². The fourth-order valence-electron chi connectivity index (χ4n) is 3.21. The highest BCUT2D eigenvalue weighted by molar-refractivity contribution is 6.11. The second kappa shape index (κ2) is 6.43. The standard InChI is InChI=1S/C19H20N2O3/c1-3-5-19(22)13-6-8-17-15(11-13)16-12-14(21(23)24)7-9-18(16)20(17)10-4-2/h6-9,11-12H,3-5,10H2,1-2H3. The van der Waals surface area contributed by atoms with Crippen molar-refractivity contribution in [3.05, 3.63) is 52.1 Å². The lowest BCUT2D eigenvalue weighted by molar-refractivity contribution is -0.384. The van der Waals surface area contributed by atoms with E-state index in [2.05, 4.69) is 11.5 Å². The second-order valence-corrected chi connectivity index (χ2v) is 6.02. The number of carbonyl (C=O) groups is 1. The molecule has 0 amide bonds. The number of fused-ring (bicyclic) bond motifs is 3. The van der Waals surface area contributed by atoms with Crippen molar-refractivity contribution in [1.29, 1.82) is 0 Å². The molecule has 124 valence electrons. The van der Waals surface area contributed by atoms with Gasteiger partial charge in [-0.2, -0.15) is 0 Å². The van der Waals surface area contributed by atoms with Crippen molar-refractivity contribution in [2.45, 2.75) is 39.7 Å². The summed E-state index contributed by atoms with van der Waals surface area (Å²) in [6, 6.07) is 10.6. The molecule has 3 aromatic rings. The molecular weight excluding hydrogens is 304 g/mol. The van der Waals surface area contributed by atoms with Crippen LogP contribution in [0.2, 0.25) is 0 Å². The van der Waals surface area contributed by atoms with Crippen LogP contribution in [0.5, 0.6) is 0 Å². The number of ketones is 1. The molecule has 2 aromatic carbocycles. The van der Waals surface area contributed by atoms with Crippen LogP contribution in [-0.2, 0) is 6.54 Å². The van der Waals surface area contributed by atoms with Gasteiger partial charge >= 0.3 is 0 Å². The van der Waals surface area contributed by atoms with Crippen molar-refractivity contribution in [3.8, 4) is 0 Å². The summed E-state index contributed by atoms with van der Waals surface area (Å²) in [4.78, 5) is 23.0. The number of carbonyl (C=O) groups excluding carboxylic acids is 1. The number of benzene rings is 2. The number of nitrogens with zero attached hydrogens (tertiary/aromatic N) is 2. The highest BCUT2D eigenvalue weighted by atomic mass is 16.6. The Hall–Kier alpha value is -2.69. The van der Waals surface area contributed by atoms with Gasteiger partial charge in [-0.3, -0.25) is 14.9 Å². The number of aromatic nitrogens is 1. The van der Waals surface area contributed by atoms with Crippen LogP contribution in [0, 0.1) is 10.1 Å². The van der Waals surface area contributed by atoms with Crippen LogP contribution < -0.4 is 0 Å². The maximum atomic E-state index is 12.2. The van der Waals surface area contributed by atoms with Crippen LogP contribution in [-0.4, -0.2) is 15.3 Å². The summed E-state index contributed by atoms with van der Waals surface area (Å²) in [5.41, 5.74) is 2.73. The van der Waals surface area contributed by atoms with Crippen molar-refractivity contribution in [1.82, 2.24) is 4.57 Å². The number of Topliss-reactive ketones (excluding diaryl/α,β-unsaturated/α-hetero) is 1. The largest absolute Gasteiger partial charge is 0.340 e. The molecule has 0 aliphatic rings. The molecule has 0 saturated heterocycles. The van der Waals surface area contributed by atoms with Crippen LogP contribution in [0.3, 0.4) is 0 Å². The van der Waals surface area contributed by atoms with Crippen molar-refractivity contribution in [3.63, 3.8) is 0 Å². The predicted octanol–water partition coefficient (Wildman–Crippen LogP) is 5.10. The smallest absolute Gasteiger partial charge is 0.270 e. The minimum atomic E-state index is -0.380. The first-order valence-corrected chi connectivity index (χ1v) is 8.30. The minimum absolute atomic E-state index is 0.0725. The van der Waals surface area contributed by atoms with E-state index in [9.17, 15) is 14.9 Å². The highest BCUT2D eigenvalue weighted by Crippen LogP contribution is 2.33. The normalized spacial score (nSPS) is 11.2. The Bertz CT molecular complexity index is 941. The van der Waals surface area contributed by atoms with E-state index in [0.717, 1.165) is 41.2 Å². The van der Waals surface area contributed by atoms with E-state index in [1.807, 2.05) is 25.1 Å². The van der Waals surface area contributed by atoms with E-state index in [1.165, 1.54) is 6.07 Å². The van der Waals surface area contributed by atoms with Gasteiger partial charge in [-0.05, 0) is 37.1 Å². The second-order valence-electron chi connectivity index (χ2n) is 6.02. The Balaban J connectivity index is 2.30. The average molecular weight is 324 g/mol. The van der Waals surface area contributed by atoms with E-state index < -0.39 is 0 Å². The number of nitro groups is 1. The molecule has 0 bridgehead atoms. The Morgan fingerprint density at radius 2 is 1.71 bits per heavy atom. The van der Waals surface area contributed by atoms with Gasteiger partial charge in [0.1, 0.15) is 0 Å². The van der Waals surface area contributed by atoms with Gasteiger partial charge in [0.15, 0.2) is 5.78 Å². The third-order valence-electron chi connectivity index (χ3n) is 4.31. The first-order chi connectivity index (χ1) is 11.6. The molecule has 1 heterocycles. The first kappa shape index (κ1) is 16.2. The molecule has 0 N–H and O–H groups in total. The van der Waals surface area contributed by atoms with Crippen LogP contribution >= 0.6 is 0 Å². The molecule has 0 aliphatic heterocycles. The molecule has 0 atom stereocenters. The zero-order valence-electron chi connectivity index (χ0n) is 13.9. The first-order valence-electron chi connectivity index (χ1n) is 8.30. The van der Waals surface area contributed by atoms with Gasteiger partial charge in [0.2, 0.25) is 0 Å².